The molecule has 0 fully saturated rings. The Labute approximate surface area is 121 Å². The molecule has 0 bridgehead atoms. The van der Waals surface area contributed by atoms with Gasteiger partial charge in [-0.05, 0) is 31.2 Å². The highest BCUT2D eigenvalue weighted by Gasteiger charge is 2.12. The van der Waals surface area contributed by atoms with Gasteiger partial charge in [-0.3, -0.25) is 0 Å². The van der Waals surface area contributed by atoms with Crippen LogP contribution in [-0.4, -0.2) is 0 Å². The van der Waals surface area contributed by atoms with Gasteiger partial charge in [0.2, 0.25) is 0 Å². The number of hydrogen-bond acceptors (Lipinski definition) is 2. The van der Waals surface area contributed by atoms with Crippen molar-refractivity contribution in [3.05, 3.63) is 56.9 Å². The van der Waals surface area contributed by atoms with Crippen LogP contribution in [0.1, 0.15) is 24.3 Å². The van der Waals surface area contributed by atoms with Crippen LogP contribution in [0.15, 0.2) is 34.9 Å². The fraction of sp³-hybridized carbons (Fsp3) is 0.231. The topological polar surface area (TPSA) is 25.2 Å². The molecule has 0 saturated heterocycles. The van der Waals surface area contributed by atoms with Crippen molar-refractivity contribution in [2.24, 2.45) is 0 Å². The summed E-state index contributed by atoms with van der Waals surface area (Å²) in [6.45, 7) is 2.53. The zero-order chi connectivity index (χ0) is 13.1. The second kappa shape index (κ2) is 5.98. The minimum Gasteiger partial charge on any atom is -0.468 e. The molecule has 1 aromatic carbocycles. The molecule has 0 aliphatic carbocycles. The molecule has 0 unspecified atom stereocenters. The molecule has 0 spiro atoms. The summed E-state index contributed by atoms with van der Waals surface area (Å²) < 4.78 is 5.31. The molecule has 5 heteroatoms. The molecule has 0 saturated carbocycles. The van der Waals surface area contributed by atoms with Gasteiger partial charge in [-0.25, -0.2) is 0 Å². The lowest BCUT2D eigenvalue weighted by Gasteiger charge is -2.14. The van der Waals surface area contributed by atoms with E-state index in [1.807, 2.05) is 19.1 Å². The largest absolute Gasteiger partial charge is 0.468 e. The predicted octanol–water partition coefficient (Wildman–Crippen LogP) is 5.09. The standard InChI is InChI=1S/C13H12Cl3NO/c1-8(12-3-2-6-18-12)17-7-9-10(14)4-5-11(15)13(9)16/h2-6,8,17H,7H2,1H3/t8-/m0/s1. The van der Waals surface area contributed by atoms with Crippen LogP contribution >= 0.6 is 34.8 Å². The van der Waals surface area contributed by atoms with Crippen LogP contribution in [0.2, 0.25) is 15.1 Å². The van der Waals surface area contributed by atoms with E-state index in [4.69, 9.17) is 39.2 Å². The zero-order valence-electron chi connectivity index (χ0n) is 9.71. The molecule has 2 nitrogen and oxygen atoms in total. The summed E-state index contributed by atoms with van der Waals surface area (Å²) in [6, 6.07) is 7.27. The van der Waals surface area contributed by atoms with E-state index in [1.54, 1.807) is 18.4 Å². The minimum absolute atomic E-state index is 0.0751. The Bertz CT molecular complexity index is 525. The minimum atomic E-state index is 0.0751. The van der Waals surface area contributed by atoms with Gasteiger partial charge in [0.05, 0.1) is 22.4 Å². The SMILES string of the molecule is C[C@H](NCc1c(Cl)ccc(Cl)c1Cl)c1ccco1. The third kappa shape index (κ3) is 3.01. The Morgan fingerprint density at radius 1 is 1.17 bits per heavy atom. The molecule has 1 N–H and O–H groups in total. The van der Waals surface area contributed by atoms with Gasteiger partial charge in [-0.1, -0.05) is 34.8 Å². The highest BCUT2D eigenvalue weighted by Crippen LogP contribution is 2.31. The van der Waals surface area contributed by atoms with E-state index in [0.29, 0.717) is 21.6 Å². The third-order valence-corrected chi connectivity index (χ3v) is 3.89. The van der Waals surface area contributed by atoms with Gasteiger partial charge in [0.25, 0.3) is 0 Å². The summed E-state index contributed by atoms with van der Waals surface area (Å²) in [7, 11) is 0. The zero-order valence-corrected chi connectivity index (χ0v) is 12.0. The summed E-state index contributed by atoms with van der Waals surface area (Å²) in [4.78, 5) is 0. The first-order chi connectivity index (χ1) is 8.59. The number of rotatable bonds is 4. The van der Waals surface area contributed by atoms with E-state index in [0.717, 1.165) is 11.3 Å². The van der Waals surface area contributed by atoms with Crippen LogP contribution < -0.4 is 5.32 Å². The van der Waals surface area contributed by atoms with Crippen molar-refractivity contribution < 1.29 is 4.42 Å². The Kier molecular flexibility index (Phi) is 4.57. The molecule has 96 valence electrons. The van der Waals surface area contributed by atoms with Gasteiger partial charge >= 0.3 is 0 Å². The molecule has 0 aliphatic rings. The Morgan fingerprint density at radius 3 is 2.56 bits per heavy atom. The van der Waals surface area contributed by atoms with Crippen molar-refractivity contribution in [1.82, 2.24) is 5.32 Å². The highest BCUT2D eigenvalue weighted by molar-refractivity contribution is 6.44. The van der Waals surface area contributed by atoms with Crippen molar-refractivity contribution >= 4 is 34.8 Å². The van der Waals surface area contributed by atoms with Gasteiger partial charge in [-0.2, -0.15) is 0 Å². The molecule has 0 amide bonds. The fourth-order valence-corrected chi connectivity index (χ4v) is 2.31. The van der Waals surface area contributed by atoms with E-state index in [1.165, 1.54) is 0 Å². The van der Waals surface area contributed by atoms with Gasteiger partial charge in [-0.15, -0.1) is 0 Å². The number of hydrogen-bond donors (Lipinski definition) is 1. The van der Waals surface area contributed by atoms with E-state index >= 15 is 0 Å². The third-order valence-electron chi connectivity index (χ3n) is 2.69. The van der Waals surface area contributed by atoms with Crippen LogP contribution in [0.3, 0.4) is 0 Å². The average molecular weight is 305 g/mol. The first-order valence-corrected chi connectivity index (χ1v) is 6.62. The number of benzene rings is 1. The molecule has 0 aliphatic heterocycles. The molecule has 2 aromatic rings. The predicted molar refractivity (Wildman–Crippen MR) is 75.4 cm³/mol. The van der Waals surface area contributed by atoms with Crippen LogP contribution in [0.4, 0.5) is 0 Å². The quantitative estimate of drug-likeness (QED) is 0.796. The lowest BCUT2D eigenvalue weighted by Crippen LogP contribution is -2.18. The molecule has 1 atom stereocenters. The second-order valence-corrected chi connectivity index (χ2v) is 5.13. The normalized spacial score (nSPS) is 12.7. The van der Waals surface area contributed by atoms with Crippen LogP contribution in [-0.2, 0) is 6.54 Å². The molecule has 1 heterocycles. The van der Waals surface area contributed by atoms with E-state index < -0.39 is 0 Å². The molecule has 0 radical (unpaired) electrons. The first-order valence-electron chi connectivity index (χ1n) is 5.48. The summed E-state index contributed by atoms with van der Waals surface area (Å²) in [5, 5.41) is 4.88. The maximum Gasteiger partial charge on any atom is 0.120 e. The van der Waals surface area contributed by atoms with Crippen LogP contribution in [0.25, 0.3) is 0 Å². The van der Waals surface area contributed by atoms with Crippen LogP contribution in [0.5, 0.6) is 0 Å². The monoisotopic (exact) mass is 303 g/mol. The first kappa shape index (κ1) is 13.8. The van der Waals surface area contributed by atoms with Crippen molar-refractivity contribution in [3.8, 4) is 0 Å². The molecule has 1 aromatic heterocycles. The lowest BCUT2D eigenvalue weighted by molar-refractivity contribution is 0.430. The summed E-state index contributed by atoms with van der Waals surface area (Å²) in [6.07, 6.45) is 1.65. The van der Waals surface area contributed by atoms with E-state index in [2.05, 4.69) is 5.32 Å². The molecule has 2 rings (SSSR count). The lowest BCUT2D eigenvalue weighted by atomic mass is 10.2. The van der Waals surface area contributed by atoms with E-state index in [9.17, 15) is 0 Å². The molecular formula is C13H12Cl3NO. The summed E-state index contributed by atoms with van der Waals surface area (Å²) in [5.74, 6) is 0.865. The van der Waals surface area contributed by atoms with E-state index in [-0.39, 0.29) is 6.04 Å². The summed E-state index contributed by atoms with van der Waals surface area (Å²) >= 11 is 18.2. The van der Waals surface area contributed by atoms with Gasteiger partial charge in [0, 0.05) is 17.1 Å². The van der Waals surface area contributed by atoms with Gasteiger partial charge in [0.1, 0.15) is 5.76 Å². The molecule has 18 heavy (non-hydrogen) atoms. The smallest absolute Gasteiger partial charge is 0.120 e. The van der Waals surface area contributed by atoms with Crippen molar-refractivity contribution in [2.45, 2.75) is 19.5 Å². The maximum absolute atomic E-state index is 6.13. The number of furan rings is 1. The summed E-state index contributed by atoms with van der Waals surface area (Å²) in [5.41, 5.74) is 0.796. The van der Waals surface area contributed by atoms with Crippen LogP contribution in [0, 0.1) is 0 Å². The van der Waals surface area contributed by atoms with Crippen molar-refractivity contribution in [2.75, 3.05) is 0 Å². The van der Waals surface area contributed by atoms with Crippen molar-refractivity contribution in [3.63, 3.8) is 0 Å². The number of nitrogens with one attached hydrogen (secondary N) is 1. The Balaban J connectivity index is 2.09. The van der Waals surface area contributed by atoms with Crippen molar-refractivity contribution in [1.29, 1.82) is 0 Å². The Morgan fingerprint density at radius 2 is 1.89 bits per heavy atom. The molecular weight excluding hydrogens is 293 g/mol. The fourth-order valence-electron chi connectivity index (χ4n) is 1.62. The average Bonchev–Trinajstić information content (AvgIpc) is 2.87. The second-order valence-electron chi connectivity index (χ2n) is 3.94. The highest BCUT2D eigenvalue weighted by atomic mass is 35.5. The number of halogens is 3. The van der Waals surface area contributed by atoms with Gasteiger partial charge in [0.15, 0.2) is 0 Å². The van der Waals surface area contributed by atoms with Gasteiger partial charge < -0.3 is 9.73 Å². The Hall–Kier alpha value is -0.670. The maximum atomic E-state index is 6.13.